The molecule has 1 aromatic rings. The second kappa shape index (κ2) is 4.43. The first-order valence-electron chi connectivity index (χ1n) is 4.50. The average molecular weight is 219 g/mol. The van der Waals surface area contributed by atoms with Gasteiger partial charge in [-0.25, -0.2) is 4.79 Å². The molecule has 0 fully saturated rings. The van der Waals surface area contributed by atoms with Crippen LogP contribution in [0, 0.1) is 0 Å². The molecular weight excluding hydrogens is 210 g/mol. The first kappa shape index (κ1) is 10.2. The van der Waals surface area contributed by atoms with Crippen LogP contribution in [0.1, 0.15) is 10.5 Å². The molecule has 0 radical (unpaired) electrons. The van der Waals surface area contributed by atoms with Gasteiger partial charge < -0.3 is 14.4 Å². The molecule has 6 heteroatoms. The quantitative estimate of drug-likeness (QED) is 0.692. The van der Waals surface area contributed by atoms with Crippen LogP contribution in [0.25, 0.3) is 0 Å². The van der Waals surface area contributed by atoms with E-state index in [-0.39, 0.29) is 5.69 Å². The molecule has 0 spiro atoms. The van der Waals surface area contributed by atoms with Gasteiger partial charge in [-0.05, 0) is 6.07 Å². The van der Waals surface area contributed by atoms with Gasteiger partial charge in [-0.2, -0.15) is 5.10 Å². The van der Waals surface area contributed by atoms with E-state index in [0.29, 0.717) is 5.69 Å². The summed E-state index contributed by atoms with van der Waals surface area (Å²) in [5.74, 6) is -0.531. The molecule has 2 rings (SSSR count). The third kappa shape index (κ3) is 1.85. The van der Waals surface area contributed by atoms with Gasteiger partial charge in [0.05, 0.1) is 19.0 Å². The van der Waals surface area contributed by atoms with Crippen molar-refractivity contribution in [2.45, 2.75) is 0 Å². The molecule has 0 saturated carbocycles. The second-order valence-corrected chi connectivity index (χ2v) is 2.87. The highest BCUT2D eigenvalue weighted by molar-refractivity contribution is 5.93. The van der Waals surface area contributed by atoms with Crippen molar-refractivity contribution < 1.29 is 14.3 Å². The number of carbonyl (C=O) groups is 1. The zero-order valence-electron chi connectivity index (χ0n) is 8.53. The minimum Gasteiger partial charge on any atom is -0.470 e. The number of hydrogen-bond acceptors (Lipinski definition) is 6. The van der Waals surface area contributed by atoms with Crippen LogP contribution in [0.15, 0.2) is 37.2 Å². The van der Waals surface area contributed by atoms with Gasteiger partial charge in [0.1, 0.15) is 12.5 Å². The van der Waals surface area contributed by atoms with E-state index in [1.165, 1.54) is 25.8 Å². The van der Waals surface area contributed by atoms with Crippen LogP contribution in [0.4, 0.5) is 5.69 Å². The van der Waals surface area contributed by atoms with Crippen LogP contribution in [-0.2, 0) is 9.47 Å². The van der Waals surface area contributed by atoms with Crippen molar-refractivity contribution in [3.05, 3.63) is 42.9 Å². The Morgan fingerprint density at radius 3 is 2.88 bits per heavy atom. The van der Waals surface area contributed by atoms with Gasteiger partial charge in [-0.3, -0.25) is 0 Å². The normalized spacial score (nSPS) is 13.4. The fourth-order valence-corrected chi connectivity index (χ4v) is 1.23. The lowest BCUT2D eigenvalue weighted by atomic mass is 10.3. The Morgan fingerprint density at radius 1 is 1.44 bits per heavy atom. The SMILES string of the molecule is COC(=O)c1nnccc1N1C=COC=C1. The Hall–Kier alpha value is -2.37. The van der Waals surface area contributed by atoms with E-state index in [4.69, 9.17) is 4.74 Å². The third-order valence-electron chi connectivity index (χ3n) is 1.96. The highest BCUT2D eigenvalue weighted by atomic mass is 16.5. The van der Waals surface area contributed by atoms with Crippen molar-refractivity contribution in [3.8, 4) is 0 Å². The molecule has 1 aliphatic rings. The average Bonchev–Trinajstić information content (AvgIpc) is 2.39. The number of rotatable bonds is 2. The number of hydrogen-bond donors (Lipinski definition) is 0. The van der Waals surface area contributed by atoms with Crippen molar-refractivity contribution in [3.63, 3.8) is 0 Å². The molecular formula is C10H9N3O3. The molecule has 0 aliphatic carbocycles. The summed E-state index contributed by atoms with van der Waals surface area (Å²) >= 11 is 0. The number of aromatic nitrogens is 2. The van der Waals surface area contributed by atoms with Crippen molar-refractivity contribution in [1.82, 2.24) is 10.2 Å². The maximum Gasteiger partial charge on any atom is 0.360 e. The maximum atomic E-state index is 11.4. The van der Waals surface area contributed by atoms with Gasteiger partial charge in [0.2, 0.25) is 0 Å². The van der Waals surface area contributed by atoms with E-state index < -0.39 is 5.97 Å². The summed E-state index contributed by atoms with van der Waals surface area (Å²) in [5, 5.41) is 7.40. The molecule has 2 heterocycles. The van der Waals surface area contributed by atoms with Crippen LogP contribution in [0.5, 0.6) is 0 Å². The standard InChI is InChI=1S/C10H9N3O3/c1-15-10(14)9-8(2-3-11-12-9)13-4-6-16-7-5-13/h2-7H,1H3. The first-order valence-corrected chi connectivity index (χ1v) is 4.50. The highest BCUT2D eigenvalue weighted by Gasteiger charge is 2.17. The van der Waals surface area contributed by atoms with E-state index in [1.54, 1.807) is 23.4 Å². The molecule has 0 saturated heterocycles. The predicted molar refractivity (Wildman–Crippen MR) is 55.2 cm³/mol. The number of esters is 1. The Labute approximate surface area is 91.8 Å². The van der Waals surface area contributed by atoms with Crippen LogP contribution >= 0.6 is 0 Å². The Morgan fingerprint density at radius 2 is 2.19 bits per heavy atom. The molecule has 0 aromatic carbocycles. The first-order chi connectivity index (χ1) is 7.83. The number of carbonyl (C=O) groups excluding carboxylic acids is 1. The van der Waals surface area contributed by atoms with Gasteiger partial charge in [0.25, 0.3) is 0 Å². The van der Waals surface area contributed by atoms with Gasteiger partial charge >= 0.3 is 5.97 Å². The summed E-state index contributed by atoms with van der Waals surface area (Å²) in [7, 11) is 1.30. The number of nitrogens with zero attached hydrogens (tertiary/aromatic N) is 3. The second-order valence-electron chi connectivity index (χ2n) is 2.87. The van der Waals surface area contributed by atoms with E-state index >= 15 is 0 Å². The van der Waals surface area contributed by atoms with Gasteiger partial charge in [-0.15, -0.1) is 5.10 Å². The third-order valence-corrected chi connectivity index (χ3v) is 1.96. The fraction of sp³-hybridized carbons (Fsp3) is 0.100. The van der Waals surface area contributed by atoms with Gasteiger partial charge in [0.15, 0.2) is 5.69 Å². The summed E-state index contributed by atoms with van der Waals surface area (Å²) in [6.45, 7) is 0. The van der Waals surface area contributed by atoms with Crippen molar-refractivity contribution in [2.24, 2.45) is 0 Å². The lowest BCUT2D eigenvalue weighted by Gasteiger charge is -2.18. The van der Waals surface area contributed by atoms with E-state index in [2.05, 4.69) is 14.9 Å². The van der Waals surface area contributed by atoms with Crippen LogP contribution in [0.3, 0.4) is 0 Å². The summed E-state index contributed by atoms with van der Waals surface area (Å²) in [4.78, 5) is 13.1. The molecule has 0 N–H and O–H groups in total. The summed E-state index contributed by atoms with van der Waals surface area (Å²) in [6.07, 6.45) is 7.79. The number of anilines is 1. The molecule has 0 bridgehead atoms. The largest absolute Gasteiger partial charge is 0.470 e. The molecule has 1 aliphatic heterocycles. The Bertz CT molecular complexity index is 444. The minimum absolute atomic E-state index is 0.154. The maximum absolute atomic E-state index is 11.4. The van der Waals surface area contributed by atoms with Gasteiger partial charge in [0, 0.05) is 12.4 Å². The van der Waals surface area contributed by atoms with Crippen LogP contribution < -0.4 is 4.90 Å². The lowest BCUT2D eigenvalue weighted by Crippen LogP contribution is -2.16. The minimum atomic E-state index is -0.531. The molecule has 1 aromatic heterocycles. The monoisotopic (exact) mass is 219 g/mol. The Balaban J connectivity index is 2.39. The smallest absolute Gasteiger partial charge is 0.360 e. The predicted octanol–water partition coefficient (Wildman–Crippen LogP) is 1.04. The topological polar surface area (TPSA) is 64.5 Å². The fourth-order valence-electron chi connectivity index (χ4n) is 1.23. The molecule has 0 amide bonds. The number of methoxy groups -OCH3 is 1. The van der Waals surface area contributed by atoms with Gasteiger partial charge in [-0.1, -0.05) is 0 Å². The summed E-state index contributed by atoms with van der Waals surface area (Å²) in [5.41, 5.74) is 0.735. The highest BCUT2D eigenvalue weighted by Crippen LogP contribution is 2.20. The van der Waals surface area contributed by atoms with Crippen molar-refractivity contribution in [2.75, 3.05) is 12.0 Å². The Kier molecular flexibility index (Phi) is 2.81. The van der Waals surface area contributed by atoms with E-state index in [9.17, 15) is 4.79 Å². The lowest BCUT2D eigenvalue weighted by molar-refractivity contribution is 0.0593. The van der Waals surface area contributed by atoms with E-state index in [0.717, 1.165) is 0 Å². The van der Waals surface area contributed by atoms with Crippen molar-refractivity contribution >= 4 is 11.7 Å². The molecule has 82 valence electrons. The zero-order chi connectivity index (χ0) is 11.4. The zero-order valence-corrected chi connectivity index (χ0v) is 8.53. The molecule has 0 unspecified atom stereocenters. The van der Waals surface area contributed by atoms with Crippen LogP contribution in [-0.4, -0.2) is 23.3 Å². The van der Waals surface area contributed by atoms with Crippen molar-refractivity contribution in [1.29, 1.82) is 0 Å². The summed E-state index contributed by atoms with van der Waals surface area (Å²) in [6, 6.07) is 1.67. The van der Waals surface area contributed by atoms with Crippen LogP contribution in [0.2, 0.25) is 0 Å². The van der Waals surface area contributed by atoms with E-state index in [1.807, 2.05) is 0 Å². The molecule has 6 nitrogen and oxygen atoms in total. The molecule has 16 heavy (non-hydrogen) atoms. The number of ether oxygens (including phenoxy) is 2. The molecule has 0 atom stereocenters. The summed E-state index contributed by atoms with van der Waals surface area (Å²) < 4.78 is 9.51.